The zero-order valence-electron chi connectivity index (χ0n) is 12.7. The molecule has 1 fully saturated rings. The van der Waals surface area contributed by atoms with Gasteiger partial charge in [0.25, 0.3) is 0 Å². The van der Waals surface area contributed by atoms with Crippen LogP contribution in [0.25, 0.3) is 0 Å². The molecule has 1 aromatic rings. The van der Waals surface area contributed by atoms with Crippen molar-refractivity contribution in [2.75, 3.05) is 13.7 Å². The number of nitrogens with one attached hydrogen (secondary N) is 2. The SMILES string of the molecule is CCOc1ccccc1CNC(=O)NC1CCC(OC)C1. The van der Waals surface area contributed by atoms with Crippen molar-refractivity contribution in [2.24, 2.45) is 0 Å². The number of ether oxygens (including phenoxy) is 2. The summed E-state index contributed by atoms with van der Waals surface area (Å²) in [5, 5.41) is 5.88. The number of hydrogen-bond donors (Lipinski definition) is 2. The number of hydrogen-bond acceptors (Lipinski definition) is 3. The van der Waals surface area contributed by atoms with E-state index < -0.39 is 0 Å². The van der Waals surface area contributed by atoms with Gasteiger partial charge in [0.15, 0.2) is 0 Å². The average molecular weight is 292 g/mol. The van der Waals surface area contributed by atoms with E-state index in [2.05, 4.69) is 10.6 Å². The van der Waals surface area contributed by atoms with E-state index in [9.17, 15) is 4.79 Å². The van der Waals surface area contributed by atoms with E-state index in [1.54, 1.807) is 7.11 Å². The van der Waals surface area contributed by atoms with E-state index in [1.807, 2.05) is 31.2 Å². The van der Waals surface area contributed by atoms with Gasteiger partial charge in [-0.1, -0.05) is 18.2 Å². The van der Waals surface area contributed by atoms with Crippen molar-refractivity contribution in [2.45, 2.75) is 44.9 Å². The first-order valence-electron chi connectivity index (χ1n) is 7.50. The first-order chi connectivity index (χ1) is 10.2. The molecule has 0 bridgehead atoms. The maximum atomic E-state index is 11.9. The molecule has 2 atom stereocenters. The van der Waals surface area contributed by atoms with Gasteiger partial charge in [0, 0.05) is 25.3 Å². The van der Waals surface area contributed by atoms with Crippen LogP contribution in [0.2, 0.25) is 0 Å². The van der Waals surface area contributed by atoms with Gasteiger partial charge in [-0.2, -0.15) is 0 Å². The van der Waals surface area contributed by atoms with Gasteiger partial charge < -0.3 is 20.1 Å². The lowest BCUT2D eigenvalue weighted by atomic mass is 10.2. The normalized spacial score (nSPS) is 21.0. The van der Waals surface area contributed by atoms with Crippen LogP contribution in [0.15, 0.2) is 24.3 Å². The second-order valence-corrected chi connectivity index (χ2v) is 5.24. The van der Waals surface area contributed by atoms with Crippen LogP contribution in [0.5, 0.6) is 5.75 Å². The highest BCUT2D eigenvalue weighted by Gasteiger charge is 2.25. The summed E-state index contributed by atoms with van der Waals surface area (Å²) in [6, 6.07) is 7.82. The predicted octanol–water partition coefficient (Wildman–Crippen LogP) is 2.45. The predicted molar refractivity (Wildman–Crippen MR) is 81.4 cm³/mol. The minimum absolute atomic E-state index is 0.136. The van der Waals surface area contributed by atoms with E-state index in [0.717, 1.165) is 30.6 Å². The van der Waals surface area contributed by atoms with Crippen molar-refractivity contribution < 1.29 is 14.3 Å². The van der Waals surface area contributed by atoms with Gasteiger partial charge in [0.2, 0.25) is 0 Å². The molecular formula is C16H24N2O3. The molecule has 0 aromatic heterocycles. The quantitative estimate of drug-likeness (QED) is 0.846. The van der Waals surface area contributed by atoms with Crippen molar-refractivity contribution in [1.29, 1.82) is 0 Å². The van der Waals surface area contributed by atoms with E-state index in [1.165, 1.54) is 0 Å². The van der Waals surface area contributed by atoms with Crippen LogP contribution < -0.4 is 15.4 Å². The lowest BCUT2D eigenvalue weighted by molar-refractivity contribution is 0.107. The minimum Gasteiger partial charge on any atom is -0.494 e. The zero-order valence-corrected chi connectivity index (χ0v) is 12.7. The molecule has 1 aliphatic rings. The second kappa shape index (κ2) is 7.88. The fraction of sp³-hybridized carbons (Fsp3) is 0.562. The molecule has 116 valence electrons. The number of para-hydroxylation sites is 1. The Kier molecular flexibility index (Phi) is 5.87. The highest BCUT2D eigenvalue weighted by Crippen LogP contribution is 2.21. The summed E-state index contributed by atoms with van der Waals surface area (Å²) in [5.74, 6) is 0.820. The van der Waals surface area contributed by atoms with Gasteiger partial charge in [0.1, 0.15) is 5.75 Å². The molecule has 5 heteroatoms. The highest BCUT2D eigenvalue weighted by molar-refractivity contribution is 5.74. The third kappa shape index (κ3) is 4.63. The number of carbonyl (C=O) groups is 1. The molecule has 1 saturated carbocycles. The largest absolute Gasteiger partial charge is 0.494 e. The molecule has 2 amide bonds. The molecule has 1 aromatic carbocycles. The van der Waals surface area contributed by atoms with Crippen molar-refractivity contribution in [1.82, 2.24) is 10.6 Å². The third-order valence-corrected chi connectivity index (χ3v) is 3.76. The lowest BCUT2D eigenvalue weighted by Crippen LogP contribution is -2.40. The Hall–Kier alpha value is -1.75. The van der Waals surface area contributed by atoms with E-state index in [4.69, 9.17) is 9.47 Å². The van der Waals surface area contributed by atoms with Crippen molar-refractivity contribution in [3.05, 3.63) is 29.8 Å². The molecule has 0 heterocycles. The summed E-state index contributed by atoms with van der Waals surface area (Å²) in [7, 11) is 1.72. The Morgan fingerprint density at radius 2 is 2.14 bits per heavy atom. The third-order valence-electron chi connectivity index (χ3n) is 3.76. The van der Waals surface area contributed by atoms with E-state index in [-0.39, 0.29) is 18.2 Å². The van der Waals surface area contributed by atoms with Crippen molar-refractivity contribution in [3.63, 3.8) is 0 Å². The highest BCUT2D eigenvalue weighted by atomic mass is 16.5. The molecule has 0 aliphatic heterocycles. The summed E-state index contributed by atoms with van der Waals surface area (Å²) < 4.78 is 10.8. The molecule has 21 heavy (non-hydrogen) atoms. The summed E-state index contributed by atoms with van der Waals surface area (Å²) in [4.78, 5) is 11.9. The topological polar surface area (TPSA) is 59.6 Å². The van der Waals surface area contributed by atoms with Crippen LogP contribution in [-0.4, -0.2) is 31.9 Å². The van der Waals surface area contributed by atoms with Gasteiger partial charge in [-0.15, -0.1) is 0 Å². The fourth-order valence-electron chi connectivity index (χ4n) is 2.64. The Labute approximate surface area is 126 Å². The van der Waals surface area contributed by atoms with Crippen molar-refractivity contribution in [3.8, 4) is 5.75 Å². The first-order valence-corrected chi connectivity index (χ1v) is 7.50. The summed E-state index contributed by atoms with van der Waals surface area (Å²) >= 11 is 0. The van der Waals surface area contributed by atoms with Crippen molar-refractivity contribution >= 4 is 6.03 Å². The van der Waals surface area contributed by atoms with Crippen LogP contribution in [-0.2, 0) is 11.3 Å². The molecule has 1 aliphatic carbocycles. The number of rotatable bonds is 6. The molecule has 0 saturated heterocycles. The number of amides is 2. The fourth-order valence-corrected chi connectivity index (χ4v) is 2.64. The van der Waals surface area contributed by atoms with Crippen LogP contribution >= 0.6 is 0 Å². The summed E-state index contributed by atoms with van der Waals surface area (Å²) in [6.45, 7) is 3.02. The Morgan fingerprint density at radius 3 is 2.86 bits per heavy atom. The Bertz CT molecular complexity index is 465. The second-order valence-electron chi connectivity index (χ2n) is 5.24. The van der Waals surface area contributed by atoms with Gasteiger partial charge in [-0.25, -0.2) is 4.79 Å². The standard InChI is InChI=1S/C16H24N2O3/c1-3-21-15-7-5-4-6-12(15)11-17-16(19)18-13-8-9-14(10-13)20-2/h4-7,13-14H,3,8-11H2,1-2H3,(H2,17,18,19). The molecular weight excluding hydrogens is 268 g/mol. The smallest absolute Gasteiger partial charge is 0.315 e. The molecule has 2 unspecified atom stereocenters. The summed E-state index contributed by atoms with van der Waals surface area (Å²) in [6.07, 6.45) is 3.14. The van der Waals surface area contributed by atoms with E-state index in [0.29, 0.717) is 13.2 Å². The van der Waals surface area contributed by atoms with Gasteiger partial charge in [-0.05, 0) is 32.3 Å². The van der Waals surface area contributed by atoms with Crippen LogP contribution in [0.1, 0.15) is 31.7 Å². The number of urea groups is 1. The van der Waals surface area contributed by atoms with Gasteiger partial charge in [-0.3, -0.25) is 0 Å². The monoisotopic (exact) mass is 292 g/mol. The number of benzene rings is 1. The first kappa shape index (κ1) is 15.6. The Balaban J connectivity index is 1.79. The van der Waals surface area contributed by atoms with Crippen LogP contribution in [0.4, 0.5) is 4.79 Å². The van der Waals surface area contributed by atoms with Crippen LogP contribution in [0.3, 0.4) is 0 Å². The lowest BCUT2D eigenvalue weighted by Gasteiger charge is -2.15. The molecule has 2 N–H and O–H groups in total. The van der Waals surface area contributed by atoms with E-state index >= 15 is 0 Å². The Morgan fingerprint density at radius 1 is 1.33 bits per heavy atom. The summed E-state index contributed by atoms with van der Waals surface area (Å²) in [5.41, 5.74) is 0.982. The molecule has 0 radical (unpaired) electrons. The maximum absolute atomic E-state index is 11.9. The number of carbonyl (C=O) groups excluding carboxylic acids is 1. The molecule has 2 rings (SSSR count). The average Bonchev–Trinajstić information content (AvgIpc) is 2.94. The molecule has 5 nitrogen and oxygen atoms in total. The zero-order chi connectivity index (χ0) is 15.1. The minimum atomic E-state index is -0.136. The maximum Gasteiger partial charge on any atom is 0.315 e. The van der Waals surface area contributed by atoms with Gasteiger partial charge in [0.05, 0.1) is 12.7 Å². The molecule has 0 spiro atoms. The van der Waals surface area contributed by atoms with Gasteiger partial charge >= 0.3 is 6.03 Å². The number of methoxy groups -OCH3 is 1. The van der Waals surface area contributed by atoms with Crippen LogP contribution in [0, 0.1) is 0 Å².